The molecule has 0 amide bonds. The van der Waals surface area contributed by atoms with Gasteiger partial charge in [-0.2, -0.15) is 0 Å². The second kappa shape index (κ2) is 13.1. The van der Waals surface area contributed by atoms with Gasteiger partial charge in [-0.3, -0.25) is 4.40 Å². The van der Waals surface area contributed by atoms with Gasteiger partial charge in [0.2, 0.25) is 0 Å². The third kappa shape index (κ3) is 5.43. The lowest BCUT2D eigenvalue weighted by Crippen LogP contribution is -1.93. The van der Waals surface area contributed by atoms with Gasteiger partial charge in [-0.25, -0.2) is 4.98 Å². The van der Waals surface area contributed by atoms with E-state index in [0.29, 0.717) is 0 Å². The molecule has 0 aliphatic carbocycles. The Balaban J connectivity index is 0.962. The number of benzene rings is 9. The van der Waals surface area contributed by atoms with Crippen LogP contribution in [0.4, 0.5) is 0 Å². The van der Waals surface area contributed by atoms with Crippen molar-refractivity contribution >= 4 is 69.7 Å². The standard InChI is InChI=1S/C55H34N2S/c1-3-11-35(12-4-1)43-29-44(36-13-5-2-6-14-36)31-45(30-43)39-21-19-37(20-22-39)38-23-25-40(26-24-38)51-34-49-48-17-9-10-18-53(48)58-54(49)55-56-50-32-46-27-41-15-7-8-16-42(41)28-47(46)33-52(50)57(51)55/h1-34H. The molecule has 0 aliphatic heterocycles. The molecule has 270 valence electrons. The lowest BCUT2D eigenvalue weighted by Gasteiger charge is -2.12. The lowest BCUT2D eigenvalue weighted by molar-refractivity contribution is 1.25. The second-order valence-corrected chi connectivity index (χ2v) is 16.3. The molecule has 58 heavy (non-hydrogen) atoms. The fraction of sp³-hybridized carbons (Fsp3) is 0. The molecular weight excluding hydrogens is 721 g/mol. The van der Waals surface area contributed by atoms with Crippen molar-refractivity contribution in [2.24, 2.45) is 0 Å². The normalized spacial score (nSPS) is 11.8. The van der Waals surface area contributed by atoms with Crippen LogP contribution in [0.5, 0.6) is 0 Å². The van der Waals surface area contributed by atoms with Crippen molar-refractivity contribution in [2.75, 3.05) is 0 Å². The molecule has 0 N–H and O–H groups in total. The number of hydrogen-bond donors (Lipinski definition) is 0. The van der Waals surface area contributed by atoms with Gasteiger partial charge < -0.3 is 0 Å². The molecule has 2 nitrogen and oxygen atoms in total. The van der Waals surface area contributed by atoms with Crippen LogP contribution in [0.2, 0.25) is 0 Å². The number of hydrogen-bond acceptors (Lipinski definition) is 2. The lowest BCUT2D eigenvalue weighted by atomic mass is 9.92. The van der Waals surface area contributed by atoms with Gasteiger partial charge in [-0.1, -0.05) is 152 Å². The van der Waals surface area contributed by atoms with Gasteiger partial charge in [-0.15, -0.1) is 11.3 Å². The van der Waals surface area contributed by atoms with Crippen molar-refractivity contribution in [3.8, 4) is 55.8 Å². The first-order valence-electron chi connectivity index (χ1n) is 19.8. The Bertz CT molecular complexity index is 3470. The van der Waals surface area contributed by atoms with Crippen molar-refractivity contribution in [1.82, 2.24) is 9.38 Å². The number of nitrogens with zero attached hydrogens (tertiary/aromatic N) is 2. The molecule has 12 aromatic rings. The summed E-state index contributed by atoms with van der Waals surface area (Å²) in [5.74, 6) is 0. The molecule has 0 saturated carbocycles. The summed E-state index contributed by atoms with van der Waals surface area (Å²) in [6.45, 7) is 0. The highest BCUT2D eigenvalue weighted by atomic mass is 32.1. The highest BCUT2D eigenvalue weighted by Crippen LogP contribution is 2.42. The van der Waals surface area contributed by atoms with E-state index in [1.807, 2.05) is 11.3 Å². The first-order chi connectivity index (χ1) is 28.7. The van der Waals surface area contributed by atoms with Crippen LogP contribution < -0.4 is 0 Å². The van der Waals surface area contributed by atoms with Crippen LogP contribution in [0, 0.1) is 0 Å². The number of thiophene rings is 1. The van der Waals surface area contributed by atoms with Gasteiger partial charge in [0.15, 0.2) is 5.65 Å². The van der Waals surface area contributed by atoms with Gasteiger partial charge in [0, 0.05) is 15.5 Å². The van der Waals surface area contributed by atoms with Crippen LogP contribution in [0.1, 0.15) is 0 Å². The number of aromatic nitrogens is 2. The molecule has 3 heterocycles. The summed E-state index contributed by atoms with van der Waals surface area (Å²) in [7, 11) is 0. The fourth-order valence-electron chi connectivity index (χ4n) is 8.78. The topological polar surface area (TPSA) is 17.3 Å². The zero-order valence-corrected chi connectivity index (χ0v) is 32.2. The summed E-state index contributed by atoms with van der Waals surface area (Å²) in [5.41, 5.74) is 15.1. The predicted octanol–water partition coefficient (Wildman–Crippen LogP) is 15.5. The van der Waals surface area contributed by atoms with Crippen LogP contribution in [0.25, 0.3) is 114 Å². The summed E-state index contributed by atoms with van der Waals surface area (Å²) in [4.78, 5) is 5.37. The second-order valence-electron chi connectivity index (χ2n) is 15.2. The van der Waals surface area contributed by atoms with Gasteiger partial charge in [0.25, 0.3) is 0 Å². The van der Waals surface area contributed by atoms with E-state index in [4.69, 9.17) is 4.98 Å². The zero-order chi connectivity index (χ0) is 38.2. The van der Waals surface area contributed by atoms with Gasteiger partial charge in [0.05, 0.1) is 21.4 Å². The summed E-state index contributed by atoms with van der Waals surface area (Å²) < 4.78 is 4.89. The maximum Gasteiger partial charge on any atom is 0.156 e. The third-order valence-electron chi connectivity index (χ3n) is 11.7. The molecular formula is C55H34N2S. The van der Waals surface area contributed by atoms with Gasteiger partial charge in [-0.05, 0) is 126 Å². The Labute approximate surface area is 339 Å². The van der Waals surface area contributed by atoms with Crippen molar-refractivity contribution in [1.29, 1.82) is 0 Å². The fourth-order valence-corrected chi connectivity index (χ4v) is 9.94. The number of imidazole rings is 1. The van der Waals surface area contributed by atoms with E-state index in [0.717, 1.165) is 27.9 Å². The molecule has 0 aliphatic rings. The first-order valence-corrected chi connectivity index (χ1v) is 20.6. The number of fused-ring (bicyclic) bond motifs is 9. The predicted molar refractivity (Wildman–Crippen MR) is 248 cm³/mol. The van der Waals surface area contributed by atoms with E-state index in [1.165, 1.54) is 86.2 Å². The zero-order valence-electron chi connectivity index (χ0n) is 31.4. The van der Waals surface area contributed by atoms with Gasteiger partial charge >= 0.3 is 0 Å². The van der Waals surface area contributed by atoms with Crippen LogP contribution in [0.15, 0.2) is 206 Å². The first kappa shape index (κ1) is 32.9. The van der Waals surface area contributed by atoms with Crippen molar-refractivity contribution < 1.29 is 0 Å². The smallest absolute Gasteiger partial charge is 0.156 e. The summed E-state index contributed by atoms with van der Waals surface area (Å²) >= 11 is 1.83. The molecule has 0 spiro atoms. The van der Waals surface area contributed by atoms with Crippen molar-refractivity contribution in [3.63, 3.8) is 0 Å². The van der Waals surface area contributed by atoms with E-state index in [9.17, 15) is 0 Å². The quantitative estimate of drug-likeness (QED) is 0.160. The van der Waals surface area contributed by atoms with E-state index in [-0.39, 0.29) is 0 Å². The number of pyridine rings is 1. The van der Waals surface area contributed by atoms with Crippen molar-refractivity contribution in [2.45, 2.75) is 0 Å². The maximum atomic E-state index is 5.37. The molecule has 3 aromatic heterocycles. The van der Waals surface area contributed by atoms with Crippen LogP contribution in [-0.2, 0) is 0 Å². The van der Waals surface area contributed by atoms with Crippen LogP contribution >= 0.6 is 11.3 Å². The minimum absolute atomic E-state index is 1.01. The van der Waals surface area contributed by atoms with E-state index in [2.05, 4.69) is 211 Å². The Morgan fingerprint density at radius 3 is 1.43 bits per heavy atom. The van der Waals surface area contributed by atoms with E-state index >= 15 is 0 Å². The largest absolute Gasteiger partial charge is 0.291 e. The van der Waals surface area contributed by atoms with Gasteiger partial charge in [0.1, 0.15) is 0 Å². The number of rotatable bonds is 5. The van der Waals surface area contributed by atoms with Crippen LogP contribution in [-0.4, -0.2) is 9.38 Å². The Hall–Kier alpha value is -7.33. The van der Waals surface area contributed by atoms with E-state index in [1.54, 1.807) is 0 Å². The summed E-state index contributed by atoms with van der Waals surface area (Å²) in [5, 5.41) is 7.44. The Morgan fingerprint density at radius 2 is 0.828 bits per heavy atom. The molecule has 0 bridgehead atoms. The summed E-state index contributed by atoms with van der Waals surface area (Å²) in [6, 6.07) is 75.2. The maximum absolute atomic E-state index is 5.37. The molecule has 3 heteroatoms. The molecule has 0 atom stereocenters. The Morgan fingerprint density at radius 1 is 0.345 bits per heavy atom. The van der Waals surface area contributed by atoms with Crippen LogP contribution in [0.3, 0.4) is 0 Å². The monoisotopic (exact) mass is 754 g/mol. The molecule has 0 unspecified atom stereocenters. The third-order valence-corrected chi connectivity index (χ3v) is 12.9. The van der Waals surface area contributed by atoms with E-state index < -0.39 is 0 Å². The SMILES string of the molecule is c1ccc(-c2cc(-c3ccccc3)cc(-c3ccc(-c4ccc(-c5cc6c7ccccc7sc6c6nc7cc8cc9ccccc9cc8cc7n56)cc4)cc3)c2)cc1. The molecule has 0 saturated heterocycles. The average Bonchev–Trinajstić information content (AvgIpc) is 3.86. The molecule has 12 rings (SSSR count). The molecule has 9 aromatic carbocycles. The highest BCUT2D eigenvalue weighted by Gasteiger charge is 2.19. The molecule has 0 radical (unpaired) electrons. The average molecular weight is 755 g/mol. The highest BCUT2D eigenvalue weighted by molar-refractivity contribution is 7.26. The minimum Gasteiger partial charge on any atom is -0.291 e. The molecule has 0 fully saturated rings. The van der Waals surface area contributed by atoms with Crippen molar-refractivity contribution in [3.05, 3.63) is 206 Å². The minimum atomic E-state index is 1.01. The summed E-state index contributed by atoms with van der Waals surface area (Å²) in [6.07, 6.45) is 0. The Kier molecular flexibility index (Phi) is 7.44.